The molecule has 0 rings (SSSR count). The summed E-state index contributed by atoms with van der Waals surface area (Å²) in [7, 11) is -10.2. The zero-order chi connectivity index (χ0) is 9.52. The Kier molecular flexibility index (Phi) is 2.62. The predicted molar refractivity (Wildman–Crippen MR) is 33.2 cm³/mol. The molecule has 0 bridgehead atoms. The van der Waals surface area contributed by atoms with Crippen molar-refractivity contribution < 1.29 is 38.5 Å². The normalized spacial score (nSPS) is 18.7. The third-order valence-electron chi connectivity index (χ3n) is 0.758. The Hall–Kier alpha value is 0.520. The van der Waals surface area contributed by atoms with Gasteiger partial charge < -0.3 is 0 Å². The first-order chi connectivity index (χ1) is 4.48. The summed E-state index contributed by atoms with van der Waals surface area (Å²) in [6.45, 7) is -6.83. The van der Waals surface area contributed by atoms with Gasteiger partial charge in [0.15, 0.2) is 0 Å². The Bertz CT molecular complexity index is 223. The molecule has 0 aromatic rings. The third kappa shape index (κ3) is 1.81. The first-order valence-corrected chi connectivity index (χ1v) is 8.24. The fourth-order valence-corrected chi connectivity index (χ4v) is 2.57. The van der Waals surface area contributed by atoms with E-state index < -0.39 is 21.7 Å². The van der Waals surface area contributed by atoms with E-state index in [0.717, 1.165) is 0 Å². The standard InChI is InChI=1S/H5O8P3/c1-9(2)11(6,7,8)10(3,4)5/h6-8H,(H2,3,4,5). The van der Waals surface area contributed by atoms with Crippen LogP contribution in [0.25, 0.3) is 0 Å². The van der Waals surface area contributed by atoms with Crippen molar-refractivity contribution in [2.45, 2.75) is 0 Å². The summed E-state index contributed by atoms with van der Waals surface area (Å²) in [6, 6.07) is 0. The second kappa shape index (κ2) is 2.50. The Morgan fingerprint density at radius 3 is 1.55 bits per heavy atom. The maximum absolute atomic E-state index is 10.0. The second-order valence-electron chi connectivity index (χ2n) is 1.65. The maximum atomic E-state index is 10.0. The summed E-state index contributed by atoms with van der Waals surface area (Å²) in [5.41, 5.74) is 0. The first kappa shape index (κ1) is 11.5. The summed E-state index contributed by atoms with van der Waals surface area (Å²) in [5.74, 6) is 0. The van der Waals surface area contributed by atoms with Crippen LogP contribution >= 0.6 is 21.7 Å². The van der Waals surface area contributed by atoms with Gasteiger partial charge in [-0.2, -0.15) is 0 Å². The molecule has 1 atom stereocenters. The van der Waals surface area contributed by atoms with Gasteiger partial charge in [0.2, 0.25) is 0 Å². The van der Waals surface area contributed by atoms with E-state index >= 15 is 0 Å². The minimum absolute atomic E-state index is 4.38. The molecule has 1 unspecified atom stereocenters. The quantitative estimate of drug-likeness (QED) is 0.351. The Balaban J connectivity index is 5.31. The molecule has 0 spiro atoms. The van der Waals surface area contributed by atoms with Gasteiger partial charge >= 0.3 is 60.2 Å². The number of hydrogen-bond acceptors (Lipinski definition) is 6. The van der Waals surface area contributed by atoms with Gasteiger partial charge in [0.05, 0.1) is 0 Å². The summed E-state index contributed by atoms with van der Waals surface area (Å²) in [5, 5.41) is 0. The van der Waals surface area contributed by atoms with Gasteiger partial charge in [-0.3, -0.25) is 0 Å². The fraction of sp³-hybridized carbons (Fsp3) is 0. The van der Waals surface area contributed by atoms with Crippen LogP contribution in [0.5, 0.6) is 0 Å². The molecule has 8 nitrogen and oxygen atoms in total. The van der Waals surface area contributed by atoms with Crippen LogP contribution in [0.1, 0.15) is 0 Å². The van der Waals surface area contributed by atoms with Gasteiger partial charge in [-0.05, 0) is 0 Å². The van der Waals surface area contributed by atoms with Crippen LogP contribution in [0, 0.1) is 0 Å². The van der Waals surface area contributed by atoms with E-state index in [0.29, 0.717) is 0 Å². The monoisotopic (exact) mass is 226 g/mol. The predicted octanol–water partition coefficient (Wildman–Crippen LogP) is -1.63. The first-order valence-electron chi connectivity index (χ1n) is 1.95. The van der Waals surface area contributed by atoms with Crippen LogP contribution in [0.2, 0.25) is 0 Å². The van der Waals surface area contributed by atoms with Gasteiger partial charge in [0.1, 0.15) is 0 Å². The molecule has 0 aromatic carbocycles. The van der Waals surface area contributed by atoms with E-state index in [1.54, 1.807) is 0 Å². The van der Waals surface area contributed by atoms with Crippen LogP contribution in [0.3, 0.4) is 0 Å². The van der Waals surface area contributed by atoms with Crippen LogP contribution in [-0.4, -0.2) is 24.5 Å². The molecule has 0 aliphatic carbocycles. The van der Waals surface area contributed by atoms with E-state index in [1.807, 2.05) is 0 Å². The van der Waals surface area contributed by atoms with E-state index in [1.165, 1.54) is 0 Å². The van der Waals surface area contributed by atoms with Crippen molar-refractivity contribution in [3.63, 3.8) is 0 Å². The molecule has 0 aliphatic rings. The summed E-state index contributed by atoms with van der Waals surface area (Å²) in [6.07, 6.45) is 0. The van der Waals surface area contributed by atoms with Crippen molar-refractivity contribution in [1.82, 2.24) is 0 Å². The van der Waals surface area contributed by atoms with Gasteiger partial charge in [-0.25, -0.2) is 0 Å². The molecule has 0 fully saturated rings. The van der Waals surface area contributed by atoms with Crippen molar-refractivity contribution in [2.75, 3.05) is 0 Å². The molecule has 11 heteroatoms. The SMILES string of the molecule is O=[P+]([O-])P(O)(O)(O)P(=O)(O)O. The molecule has 5 N–H and O–H groups in total. The van der Waals surface area contributed by atoms with Gasteiger partial charge in [0, 0.05) is 0 Å². The summed E-state index contributed by atoms with van der Waals surface area (Å²) >= 11 is 0. The zero-order valence-corrected chi connectivity index (χ0v) is 7.49. The molecule has 0 amide bonds. The Morgan fingerprint density at radius 1 is 1.27 bits per heavy atom. The van der Waals surface area contributed by atoms with Crippen molar-refractivity contribution in [3.8, 4) is 0 Å². The van der Waals surface area contributed by atoms with Crippen LogP contribution in [0.4, 0.5) is 0 Å². The average Bonchev–Trinajstić information content (AvgIpc) is 1.59. The topological polar surface area (TPSA) is 158 Å². The molecular weight excluding hydrogens is 221 g/mol. The van der Waals surface area contributed by atoms with E-state index in [4.69, 9.17) is 24.5 Å². The Labute approximate surface area is 61.1 Å². The molecule has 0 saturated carbocycles. The second-order valence-corrected chi connectivity index (χ2v) is 12.8. The van der Waals surface area contributed by atoms with Gasteiger partial charge in [-0.1, -0.05) is 0 Å². The summed E-state index contributed by atoms with van der Waals surface area (Å²) < 4.78 is 19.9. The zero-order valence-electron chi connectivity index (χ0n) is 4.80. The molecule has 0 radical (unpaired) electrons. The molecule has 11 heavy (non-hydrogen) atoms. The van der Waals surface area contributed by atoms with Gasteiger partial charge in [0.25, 0.3) is 0 Å². The minimum atomic E-state index is -6.83. The van der Waals surface area contributed by atoms with Crippen LogP contribution < -0.4 is 4.89 Å². The average molecular weight is 226 g/mol. The fourth-order valence-electron chi connectivity index (χ4n) is 0.0951. The molecule has 0 aliphatic heterocycles. The van der Waals surface area contributed by atoms with Crippen LogP contribution in [0.15, 0.2) is 0 Å². The third-order valence-corrected chi connectivity index (χ3v) is 10.2. The van der Waals surface area contributed by atoms with E-state index in [-0.39, 0.29) is 0 Å². The van der Waals surface area contributed by atoms with Crippen molar-refractivity contribution >= 4 is 21.7 Å². The van der Waals surface area contributed by atoms with Crippen LogP contribution in [-0.2, 0) is 9.13 Å². The van der Waals surface area contributed by atoms with E-state index in [2.05, 4.69) is 0 Å². The molecule has 0 aromatic heterocycles. The van der Waals surface area contributed by atoms with Crippen molar-refractivity contribution in [3.05, 3.63) is 0 Å². The summed E-state index contributed by atoms with van der Waals surface area (Å²) in [4.78, 5) is 50.7. The Morgan fingerprint density at radius 2 is 1.55 bits per heavy atom. The van der Waals surface area contributed by atoms with Crippen molar-refractivity contribution in [2.24, 2.45) is 0 Å². The van der Waals surface area contributed by atoms with Crippen molar-refractivity contribution in [1.29, 1.82) is 0 Å². The van der Waals surface area contributed by atoms with E-state index in [9.17, 15) is 14.0 Å². The number of hydrogen-bond donors (Lipinski definition) is 5. The molecule has 0 heterocycles. The molecule has 0 saturated heterocycles. The van der Waals surface area contributed by atoms with Gasteiger partial charge in [-0.15, -0.1) is 0 Å². The number of rotatable bonds is 2. The molecule has 68 valence electrons. The molecular formula is H5O8P3.